The highest BCUT2D eigenvalue weighted by Gasteiger charge is 2.53. The van der Waals surface area contributed by atoms with Gasteiger partial charge in [-0.25, -0.2) is 13.4 Å². The van der Waals surface area contributed by atoms with Gasteiger partial charge in [-0.3, -0.25) is 4.79 Å². The SMILES string of the molecule is CO[C@@H]1C(=O)N(C)[C@@H]2CN(S(=O)(=O)c3cn(C)cn3)C[C@H]12. The van der Waals surface area contributed by atoms with Crippen LogP contribution in [-0.4, -0.2) is 72.5 Å². The Morgan fingerprint density at radius 1 is 1.33 bits per heavy atom. The van der Waals surface area contributed by atoms with Crippen molar-refractivity contribution in [3.8, 4) is 0 Å². The molecule has 3 heterocycles. The quantitative estimate of drug-likeness (QED) is 0.707. The van der Waals surface area contributed by atoms with Gasteiger partial charge in [0, 0.05) is 46.4 Å². The first kappa shape index (κ1) is 14.5. The zero-order valence-electron chi connectivity index (χ0n) is 12.1. The molecular weight excluding hydrogens is 296 g/mol. The highest BCUT2D eigenvalue weighted by Crippen LogP contribution is 2.35. The maximum atomic E-state index is 12.6. The maximum absolute atomic E-state index is 12.6. The van der Waals surface area contributed by atoms with Crippen molar-refractivity contribution in [2.75, 3.05) is 27.2 Å². The number of methoxy groups -OCH3 is 1. The van der Waals surface area contributed by atoms with Crippen LogP contribution in [0.2, 0.25) is 0 Å². The molecule has 0 unspecified atom stereocenters. The number of rotatable bonds is 3. The Morgan fingerprint density at radius 3 is 2.62 bits per heavy atom. The van der Waals surface area contributed by atoms with Crippen LogP contribution in [0.4, 0.5) is 0 Å². The van der Waals surface area contributed by atoms with E-state index in [4.69, 9.17) is 4.74 Å². The second kappa shape index (κ2) is 4.79. The van der Waals surface area contributed by atoms with E-state index in [1.165, 1.54) is 23.9 Å². The fraction of sp³-hybridized carbons (Fsp3) is 0.667. The first-order chi connectivity index (χ1) is 9.86. The van der Waals surface area contributed by atoms with Crippen LogP contribution >= 0.6 is 0 Å². The molecule has 1 aromatic rings. The number of carbonyl (C=O) groups excluding carboxylic acids is 1. The second-order valence-electron chi connectivity index (χ2n) is 5.54. The van der Waals surface area contributed by atoms with Crippen molar-refractivity contribution in [1.29, 1.82) is 0 Å². The third kappa shape index (κ3) is 2.07. The minimum Gasteiger partial charge on any atom is -0.371 e. The van der Waals surface area contributed by atoms with Crippen molar-refractivity contribution in [3.63, 3.8) is 0 Å². The van der Waals surface area contributed by atoms with Crippen LogP contribution < -0.4 is 0 Å². The molecular formula is C12H18N4O4S. The molecule has 3 rings (SSSR count). The summed E-state index contributed by atoms with van der Waals surface area (Å²) in [5.74, 6) is -0.214. The van der Waals surface area contributed by atoms with Gasteiger partial charge < -0.3 is 14.2 Å². The number of aryl methyl sites for hydroxylation is 1. The molecule has 1 amide bonds. The average Bonchev–Trinajstić information content (AvgIpc) is 3.09. The van der Waals surface area contributed by atoms with Gasteiger partial charge in [-0.15, -0.1) is 0 Å². The van der Waals surface area contributed by atoms with Crippen molar-refractivity contribution in [1.82, 2.24) is 18.8 Å². The van der Waals surface area contributed by atoms with Gasteiger partial charge in [-0.05, 0) is 0 Å². The van der Waals surface area contributed by atoms with Gasteiger partial charge in [-0.1, -0.05) is 0 Å². The molecule has 2 aliphatic heterocycles. The van der Waals surface area contributed by atoms with Crippen LogP contribution in [-0.2, 0) is 26.6 Å². The lowest BCUT2D eigenvalue weighted by Gasteiger charge is -2.20. The molecule has 1 aromatic heterocycles. The number of aromatic nitrogens is 2. The molecule has 21 heavy (non-hydrogen) atoms. The summed E-state index contributed by atoms with van der Waals surface area (Å²) < 4.78 is 33.4. The topological polar surface area (TPSA) is 84.7 Å². The predicted molar refractivity (Wildman–Crippen MR) is 72.8 cm³/mol. The number of nitrogens with zero attached hydrogens (tertiary/aromatic N) is 4. The standard InChI is InChI=1S/C12H18N4O4S/c1-14-6-10(13-7-14)21(18,19)16-4-8-9(5-16)15(2)12(17)11(8)20-3/h6-9,11H,4-5H2,1-3H3/t8-,9+,11-/m0/s1. The van der Waals surface area contributed by atoms with E-state index in [2.05, 4.69) is 4.98 Å². The lowest BCUT2D eigenvalue weighted by atomic mass is 10.0. The lowest BCUT2D eigenvalue weighted by Crippen LogP contribution is -2.39. The largest absolute Gasteiger partial charge is 0.371 e. The summed E-state index contributed by atoms with van der Waals surface area (Å²) >= 11 is 0. The molecule has 3 atom stereocenters. The van der Waals surface area contributed by atoms with Gasteiger partial charge in [0.1, 0.15) is 6.10 Å². The Morgan fingerprint density at radius 2 is 2.05 bits per heavy atom. The summed E-state index contributed by atoms with van der Waals surface area (Å²) in [5, 5.41) is 0.0351. The first-order valence-corrected chi connectivity index (χ1v) is 8.08. The Bertz CT molecular complexity index is 671. The summed E-state index contributed by atoms with van der Waals surface area (Å²) in [4.78, 5) is 17.5. The van der Waals surface area contributed by atoms with Gasteiger partial charge >= 0.3 is 0 Å². The molecule has 0 saturated carbocycles. The number of hydrogen-bond donors (Lipinski definition) is 0. The van der Waals surface area contributed by atoms with Gasteiger partial charge in [0.25, 0.3) is 15.9 Å². The minimum absolute atomic E-state index is 0.0351. The third-order valence-corrected chi connectivity index (χ3v) is 6.03. The van der Waals surface area contributed by atoms with Gasteiger partial charge in [0.2, 0.25) is 0 Å². The molecule has 8 nitrogen and oxygen atoms in total. The highest BCUT2D eigenvalue weighted by atomic mass is 32.2. The van der Waals surface area contributed by atoms with Gasteiger partial charge in [-0.2, -0.15) is 4.31 Å². The molecule has 0 aromatic carbocycles. The van der Waals surface area contributed by atoms with E-state index >= 15 is 0 Å². The number of sulfonamides is 1. The number of carbonyl (C=O) groups is 1. The number of imidazole rings is 1. The summed E-state index contributed by atoms with van der Waals surface area (Å²) in [6.45, 7) is 0.559. The molecule has 2 fully saturated rings. The summed E-state index contributed by atoms with van der Waals surface area (Å²) in [5.41, 5.74) is 0. The van der Waals surface area contributed by atoms with Crippen molar-refractivity contribution in [3.05, 3.63) is 12.5 Å². The van der Waals surface area contributed by atoms with E-state index in [0.29, 0.717) is 0 Å². The number of hydrogen-bond acceptors (Lipinski definition) is 5. The van der Waals surface area contributed by atoms with Crippen LogP contribution in [0.3, 0.4) is 0 Å². The molecule has 0 aliphatic carbocycles. The van der Waals surface area contributed by atoms with Crippen molar-refractivity contribution >= 4 is 15.9 Å². The molecule has 0 radical (unpaired) electrons. The Labute approximate surface area is 123 Å². The van der Waals surface area contributed by atoms with E-state index < -0.39 is 16.1 Å². The highest BCUT2D eigenvalue weighted by molar-refractivity contribution is 7.89. The molecule has 0 spiro atoms. The fourth-order valence-electron chi connectivity index (χ4n) is 3.16. The van der Waals surface area contributed by atoms with E-state index in [1.54, 1.807) is 23.6 Å². The average molecular weight is 314 g/mol. The molecule has 0 N–H and O–H groups in total. The third-order valence-electron chi connectivity index (χ3n) is 4.32. The van der Waals surface area contributed by atoms with Crippen LogP contribution in [0, 0.1) is 5.92 Å². The van der Waals surface area contributed by atoms with E-state index in [0.717, 1.165) is 0 Å². The monoisotopic (exact) mass is 314 g/mol. The summed E-state index contributed by atoms with van der Waals surface area (Å²) in [6.07, 6.45) is 2.37. The zero-order chi connectivity index (χ0) is 15.4. The second-order valence-corrected chi connectivity index (χ2v) is 7.42. The number of ether oxygens (including phenoxy) is 1. The minimum atomic E-state index is -3.62. The zero-order valence-corrected chi connectivity index (χ0v) is 12.9. The molecule has 2 aliphatic rings. The lowest BCUT2D eigenvalue weighted by molar-refractivity contribution is -0.136. The predicted octanol–water partition coefficient (Wildman–Crippen LogP) is -1.10. The summed E-state index contributed by atoms with van der Waals surface area (Å²) in [6, 6.07) is -0.138. The van der Waals surface area contributed by atoms with E-state index in [-0.39, 0.29) is 36.0 Å². The van der Waals surface area contributed by atoms with Crippen molar-refractivity contribution in [2.45, 2.75) is 17.2 Å². The number of fused-ring (bicyclic) bond motifs is 1. The first-order valence-electron chi connectivity index (χ1n) is 6.64. The fourth-order valence-corrected chi connectivity index (χ4v) is 4.62. The van der Waals surface area contributed by atoms with Crippen LogP contribution in [0.1, 0.15) is 0 Å². The van der Waals surface area contributed by atoms with Gasteiger partial charge in [0.15, 0.2) is 5.03 Å². The van der Waals surface area contributed by atoms with E-state index in [9.17, 15) is 13.2 Å². The molecule has 2 saturated heterocycles. The van der Waals surface area contributed by atoms with E-state index in [1.807, 2.05) is 0 Å². The van der Waals surface area contributed by atoms with Crippen LogP contribution in [0.25, 0.3) is 0 Å². The molecule has 0 bridgehead atoms. The van der Waals surface area contributed by atoms with Crippen molar-refractivity contribution in [2.24, 2.45) is 13.0 Å². The number of likely N-dealkylation sites (N-methyl/N-ethyl adjacent to an activating group) is 1. The van der Waals surface area contributed by atoms with Crippen LogP contribution in [0.15, 0.2) is 17.6 Å². The van der Waals surface area contributed by atoms with Crippen LogP contribution in [0.5, 0.6) is 0 Å². The molecule has 9 heteroatoms. The van der Waals surface area contributed by atoms with Gasteiger partial charge in [0.05, 0.1) is 12.4 Å². The molecule has 116 valence electrons. The summed E-state index contributed by atoms with van der Waals surface area (Å²) in [7, 11) is 1.27. The smallest absolute Gasteiger partial charge is 0.262 e. The Hall–Kier alpha value is -1.45. The van der Waals surface area contributed by atoms with Crippen molar-refractivity contribution < 1.29 is 17.9 Å². The normalized spacial score (nSPS) is 30.1. The maximum Gasteiger partial charge on any atom is 0.262 e. The number of amides is 1. The number of likely N-dealkylation sites (tertiary alicyclic amines) is 1. The Balaban J connectivity index is 1.87. The Kier molecular flexibility index (Phi) is 3.30.